The minimum Gasteiger partial charge on any atom is -0.378 e. The van der Waals surface area contributed by atoms with Crippen molar-refractivity contribution in [2.75, 3.05) is 37.7 Å². The van der Waals surface area contributed by atoms with Gasteiger partial charge in [-0.3, -0.25) is 4.79 Å². The minimum absolute atomic E-state index is 0.144. The number of morpholine rings is 1. The van der Waals surface area contributed by atoms with Gasteiger partial charge in [0, 0.05) is 30.8 Å². The zero-order valence-electron chi connectivity index (χ0n) is 17.6. The lowest BCUT2D eigenvalue weighted by Crippen LogP contribution is -2.37. The van der Waals surface area contributed by atoms with Crippen molar-refractivity contribution in [2.45, 2.75) is 19.9 Å². The van der Waals surface area contributed by atoms with E-state index in [2.05, 4.69) is 10.1 Å². The number of halogens is 1. The second kappa shape index (κ2) is 9.75. The highest BCUT2D eigenvalue weighted by molar-refractivity contribution is 5.94. The van der Waals surface area contributed by atoms with Crippen molar-refractivity contribution in [3.63, 3.8) is 0 Å². The van der Waals surface area contributed by atoms with Crippen LogP contribution in [0, 0.1) is 5.82 Å². The third-order valence-electron chi connectivity index (χ3n) is 5.33. The summed E-state index contributed by atoms with van der Waals surface area (Å²) in [5, 5.41) is 4.37. The van der Waals surface area contributed by atoms with Crippen LogP contribution in [0.5, 0.6) is 0 Å². The predicted molar refractivity (Wildman–Crippen MR) is 116 cm³/mol. The summed E-state index contributed by atoms with van der Waals surface area (Å²) in [4.78, 5) is 17.1. The molecule has 1 saturated heterocycles. The van der Waals surface area contributed by atoms with Crippen LogP contribution < -0.4 is 4.90 Å². The van der Waals surface area contributed by atoms with Gasteiger partial charge < -0.3 is 19.1 Å². The average molecular weight is 423 g/mol. The fourth-order valence-corrected chi connectivity index (χ4v) is 3.77. The van der Waals surface area contributed by atoms with Crippen LogP contribution in [-0.4, -0.2) is 48.8 Å². The molecule has 2 heterocycles. The Hall–Kier alpha value is -3.19. The average Bonchev–Trinajstić information content (AvgIpc) is 3.23. The lowest BCUT2D eigenvalue weighted by atomic mass is 10.1. The fourth-order valence-electron chi connectivity index (χ4n) is 3.77. The van der Waals surface area contributed by atoms with E-state index in [9.17, 15) is 9.18 Å². The SMILES string of the molecule is CCCN(Cc1c(-c2ccccc2)noc1N1CCOCC1)C(=O)c1ccc(F)cc1. The molecule has 0 unspecified atom stereocenters. The van der Waals surface area contributed by atoms with Crippen molar-refractivity contribution in [2.24, 2.45) is 0 Å². The van der Waals surface area contributed by atoms with Crippen LogP contribution >= 0.6 is 0 Å². The summed E-state index contributed by atoms with van der Waals surface area (Å²) >= 11 is 0. The Kier molecular flexibility index (Phi) is 6.62. The molecule has 3 aromatic rings. The van der Waals surface area contributed by atoms with Gasteiger partial charge in [0.2, 0.25) is 5.88 Å². The first-order valence-electron chi connectivity index (χ1n) is 10.6. The van der Waals surface area contributed by atoms with Gasteiger partial charge in [-0.2, -0.15) is 0 Å². The maximum absolute atomic E-state index is 13.3. The number of amides is 1. The van der Waals surface area contributed by atoms with Gasteiger partial charge >= 0.3 is 0 Å². The van der Waals surface area contributed by atoms with Crippen molar-refractivity contribution in [1.82, 2.24) is 10.1 Å². The molecule has 0 atom stereocenters. The van der Waals surface area contributed by atoms with Gasteiger partial charge in [0.1, 0.15) is 11.5 Å². The second-order valence-corrected chi connectivity index (χ2v) is 7.51. The van der Waals surface area contributed by atoms with E-state index in [0.29, 0.717) is 50.8 Å². The van der Waals surface area contributed by atoms with Crippen LogP contribution in [-0.2, 0) is 11.3 Å². The molecule has 31 heavy (non-hydrogen) atoms. The van der Waals surface area contributed by atoms with Crippen LogP contribution in [0.1, 0.15) is 29.3 Å². The fraction of sp³-hybridized carbons (Fsp3) is 0.333. The number of aromatic nitrogens is 1. The zero-order chi connectivity index (χ0) is 21.6. The van der Waals surface area contributed by atoms with Crippen molar-refractivity contribution >= 4 is 11.8 Å². The molecule has 0 saturated carbocycles. The van der Waals surface area contributed by atoms with Crippen LogP contribution in [0.25, 0.3) is 11.3 Å². The molecule has 1 amide bonds. The standard InChI is InChI=1S/C24H26FN3O3/c1-2-12-28(23(29)19-8-10-20(25)11-9-19)17-21-22(18-6-4-3-5-7-18)26-31-24(21)27-13-15-30-16-14-27/h3-11H,2,12-17H2,1H3. The maximum atomic E-state index is 13.3. The summed E-state index contributed by atoms with van der Waals surface area (Å²) in [7, 11) is 0. The lowest BCUT2D eigenvalue weighted by Gasteiger charge is -2.28. The number of carbonyl (C=O) groups excluding carboxylic acids is 1. The van der Waals surface area contributed by atoms with Gasteiger partial charge in [-0.1, -0.05) is 42.4 Å². The molecule has 1 fully saturated rings. The van der Waals surface area contributed by atoms with Crippen LogP contribution in [0.4, 0.5) is 10.3 Å². The Balaban J connectivity index is 1.70. The monoisotopic (exact) mass is 423 g/mol. The summed E-state index contributed by atoms with van der Waals surface area (Å²) in [6.07, 6.45) is 0.797. The molecular formula is C24H26FN3O3. The van der Waals surface area contributed by atoms with E-state index < -0.39 is 0 Å². The molecule has 0 bridgehead atoms. The number of nitrogens with zero attached hydrogens (tertiary/aromatic N) is 3. The molecule has 0 aliphatic carbocycles. The summed E-state index contributed by atoms with van der Waals surface area (Å²) in [5.41, 5.74) is 3.00. The molecule has 7 heteroatoms. The maximum Gasteiger partial charge on any atom is 0.254 e. The Bertz CT molecular complexity index is 999. The first kappa shape index (κ1) is 21.1. The topological polar surface area (TPSA) is 58.8 Å². The molecular weight excluding hydrogens is 397 g/mol. The third kappa shape index (κ3) is 4.77. The predicted octanol–water partition coefficient (Wildman–Crippen LogP) is 4.37. The number of rotatable bonds is 7. The molecule has 162 valence electrons. The number of hydrogen-bond donors (Lipinski definition) is 0. The first-order valence-corrected chi connectivity index (χ1v) is 10.6. The number of benzene rings is 2. The molecule has 2 aromatic carbocycles. The molecule has 6 nitrogen and oxygen atoms in total. The largest absolute Gasteiger partial charge is 0.378 e. The normalized spacial score (nSPS) is 13.9. The Morgan fingerprint density at radius 3 is 2.48 bits per heavy atom. The van der Waals surface area contributed by atoms with Gasteiger partial charge in [-0.25, -0.2) is 4.39 Å². The molecule has 1 aliphatic rings. The van der Waals surface area contributed by atoms with Crippen molar-refractivity contribution in [3.8, 4) is 11.3 Å². The summed E-state index contributed by atoms with van der Waals surface area (Å²) < 4.78 is 24.6. The van der Waals surface area contributed by atoms with E-state index in [4.69, 9.17) is 9.26 Å². The molecule has 4 rings (SSSR count). The van der Waals surface area contributed by atoms with E-state index in [1.165, 1.54) is 24.3 Å². The molecule has 0 radical (unpaired) electrons. The van der Waals surface area contributed by atoms with Crippen LogP contribution in [0.3, 0.4) is 0 Å². The van der Waals surface area contributed by atoms with Gasteiger partial charge in [0.25, 0.3) is 5.91 Å². The van der Waals surface area contributed by atoms with E-state index in [1.54, 1.807) is 4.90 Å². The van der Waals surface area contributed by atoms with E-state index in [-0.39, 0.29) is 11.7 Å². The Labute approximate surface area is 181 Å². The quantitative estimate of drug-likeness (QED) is 0.565. The molecule has 0 spiro atoms. The first-order chi connectivity index (χ1) is 15.2. The highest BCUT2D eigenvalue weighted by Crippen LogP contribution is 2.33. The van der Waals surface area contributed by atoms with Gasteiger partial charge in [0.05, 0.1) is 25.3 Å². The lowest BCUT2D eigenvalue weighted by molar-refractivity contribution is 0.0743. The van der Waals surface area contributed by atoms with Gasteiger partial charge in [0.15, 0.2) is 0 Å². The Morgan fingerprint density at radius 2 is 1.81 bits per heavy atom. The second-order valence-electron chi connectivity index (χ2n) is 7.51. The minimum atomic E-state index is -0.362. The van der Waals surface area contributed by atoms with E-state index >= 15 is 0 Å². The highest BCUT2D eigenvalue weighted by Gasteiger charge is 2.27. The van der Waals surface area contributed by atoms with Gasteiger partial charge in [-0.15, -0.1) is 0 Å². The number of ether oxygens (including phenoxy) is 1. The number of carbonyl (C=O) groups is 1. The number of anilines is 1. The smallest absolute Gasteiger partial charge is 0.254 e. The molecule has 1 aromatic heterocycles. The summed E-state index contributed by atoms with van der Waals surface area (Å²) in [5.74, 6) is 0.170. The van der Waals surface area contributed by atoms with Crippen molar-refractivity contribution in [1.29, 1.82) is 0 Å². The summed E-state index contributed by atoms with van der Waals surface area (Å²) in [6, 6.07) is 15.5. The summed E-state index contributed by atoms with van der Waals surface area (Å²) in [6.45, 7) is 5.59. The number of hydrogen-bond acceptors (Lipinski definition) is 5. The zero-order valence-corrected chi connectivity index (χ0v) is 17.6. The van der Waals surface area contributed by atoms with E-state index in [1.807, 2.05) is 37.3 Å². The molecule has 0 N–H and O–H groups in total. The highest BCUT2D eigenvalue weighted by atomic mass is 19.1. The third-order valence-corrected chi connectivity index (χ3v) is 5.33. The van der Waals surface area contributed by atoms with Crippen LogP contribution in [0.2, 0.25) is 0 Å². The van der Waals surface area contributed by atoms with Crippen LogP contribution in [0.15, 0.2) is 59.1 Å². The van der Waals surface area contributed by atoms with Crippen molar-refractivity contribution < 1.29 is 18.4 Å². The van der Waals surface area contributed by atoms with E-state index in [0.717, 1.165) is 23.2 Å². The van der Waals surface area contributed by atoms with Gasteiger partial charge in [-0.05, 0) is 30.7 Å². The molecule has 1 aliphatic heterocycles. The Morgan fingerprint density at radius 1 is 1.10 bits per heavy atom. The van der Waals surface area contributed by atoms with Crippen molar-refractivity contribution in [3.05, 3.63) is 71.5 Å².